The largest absolute Gasteiger partial charge is 0.283 e. The molecule has 0 spiro atoms. The van der Waals surface area contributed by atoms with Gasteiger partial charge in [-0.2, -0.15) is 5.01 Å². The number of aryl methyl sites for hydroxylation is 1. The molecule has 1 aromatic heterocycles. The minimum Gasteiger partial charge on any atom is -0.283 e. The summed E-state index contributed by atoms with van der Waals surface area (Å²) in [5, 5.41) is 9.38. The van der Waals surface area contributed by atoms with Crippen molar-refractivity contribution in [2.75, 3.05) is 0 Å². The van der Waals surface area contributed by atoms with Crippen LogP contribution in [0.2, 0.25) is 0 Å². The van der Waals surface area contributed by atoms with Gasteiger partial charge in [-0.3, -0.25) is 24.4 Å². The smallest absolute Gasteiger partial charge is 0.270 e. The van der Waals surface area contributed by atoms with Gasteiger partial charge in [-0.15, -0.1) is 10.2 Å². The second-order valence-corrected chi connectivity index (χ2v) is 9.75. The topological polar surface area (TPSA) is 97.2 Å². The van der Waals surface area contributed by atoms with E-state index in [1.165, 1.54) is 0 Å². The molecule has 2 heterocycles. The first-order valence-electron chi connectivity index (χ1n) is 11.3. The lowest BCUT2D eigenvalue weighted by Gasteiger charge is -2.37. The highest BCUT2D eigenvalue weighted by Crippen LogP contribution is 2.65. The van der Waals surface area contributed by atoms with Gasteiger partial charge in [0.2, 0.25) is 0 Å². The van der Waals surface area contributed by atoms with E-state index in [9.17, 15) is 14.4 Å². The second-order valence-electron chi connectivity index (χ2n) is 9.75. The number of hydrogen-bond donors (Lipinski definition) is 1. The zero-order valence-corrected chi connectivity index (χ0v) is 18.2. The van der Waals surface area contributed by atoms with Gasteiger partial charge in [0.15, 0.2) is 0 Å². The van der Waals surface area contributed by atoms with Gasteiger partial charge < -0.3 is 0 Å². The lowest BCUT2D eigenvalue weighted by Crippen LogP contribution is -2.46. The van der Waals surface area contributed by atoms with Crippen molar-refractivity contribution in [1.29, 1.82) is 0 Å². The van der Waals surface area contributed by atoms with Gasteiger partial charge in [0.1, 0.15) is 11.6 Å². The second kappa shape index (κ2) is 6.60. The molecule has 5 aliphatic rings. The van der Waals surface area contributed by atoms with Crippen LogP contribution in [0.1, 0.15) is 48.2 Å². The van der Waals surface area contributed by atoms with Crippen molar-refractivity contribution in [3.05, 3.63) is 53.6 Å². The summed E-state index contributed by atoms with van der Waals surface area (Å²) in [6.45, 7) is 5.98. The molecular weight excluding hydrogens is 406 g/mol. The molecule has 2 saturated carbocycles. The number of nitrogens with zero attached hydrogens (tertiary/aromatic N) is 4. The van der Waals surface area contributed by atoms with Crippen LogP contribution in [-0.4, -0.2) is 37.5 Å². The van der Waals surface area contributed by atoms with Crippen molar-refractivity contribution in [2.45, 2.75) is 33.1 Å². The predicted molar refractivity (Wildman–Crippen MR) is 114 cm³/mol. The van der Waals surface area contributed by atoms with E-state index in [4.69, 9.17) is 0 Å². The molecule has 164 valence electrons. The van der Waals surface area contributed by atoms with Gasteiger partial charge in [0.25, 0.3) is 17.7 Å². The molecule has 2 aromatic rings. The Morgan fingerprint density at radius 2 is 1.59 bits per heavy atom. The first kappa shape index (κ1) is 19.4. The van der Waals surface area contributed by atoms with Crippen LogP contribution in [0.3, 0.4) is 0 Å². The Kier molecular flexibility index (Phi) is 4.00. The van der Waals surface area contributed by atoms with Crippen molar-refractivity contribution in [1.82, 2.24) is 25.2 Å². The Labute approximate surface area is 185 Å². The third-order valence-corrected chi connectivity index (χ3v) is 7.63. The maximum absolute atomic E-state index is 13.1. The number of amides is 3. The Bertz CT molecular complexity index is 1140. The van der Waals surface area contributed by atoms with Crippen molar-refractivity contribution >= 4 is 17.7 Å². The Morgan fingerprint density at radius 1 is 1.00 bits per heavy atom. The monoisotopic (exact) mass is 431 g/mol. The molecule has 3 fully saturated rings. The van der Waals surface area contributed by atoms with E-state index < -0.39 is 5.91 Å². The average molecular weight is 431 g/mol. The fraction of sp³-hybridized carbons (Fsp3) is 0.458. The normalized spacial score (nSPS) is 31.8. The molecule has 32 heavy (non-hydrogen) atoms. The van der Waals surface area contributed by atoms with E-state index in [1.54, 1.807) is 12.1 Å². The zero-order valence-electron chi connectivity index (χ0n) is 18.2. The quantitative estimate of drug-likeness (QED) is 0.592. The number of rotatable bonds is 4. The molecule has 1 aliphatic heterocycles. The number of allylic oxidation sites excluding steroid dienone is 2. The van der Waals surface area contributed by atoms with Crippen molar-refractivity contribution < 1.29 is 14.4 Å². The number of carbonyl (C=O) groups excluding carboxylic acids is 3. The van der Waals surface area contributed by atoms with Gasteiger partial charge in [-0.1, -0.05) is 26.0 Å². The fourth-order valence-corrected chi connectivity index (χ4v) is 6.07. The number of hydrogen-bond acceptors (Lipinski definition) is 5. The number of aromatic nitrogens is 3. The van der Waals surface area contributed by atoms with E-state index in [-0.39, 0.29) is 41.4 Å². The molecule has 4 aliphatic carbocycles. The van der Waals surface area contributed by atoms with Gasteiger partial charge >= 0.3 is 0 Å². The minimum atomic E-state index is -0.466. The van der Waals surface area contributed by atoms with E-state index in [0.717, 1.165) is 28.8 Å². The first-order valence-corrected chi connectivity index (χ1v) is 11.3. The van der Waals surface area contributed by atoms with Crippen LogP contribution in [0.4, 0.5) is 0 Å². The molecule has 3 amide bonds. The molecule has 1 saturated heterocycles. The lowest BCUT2D eigenvalue weighted by atomic mass is 9.63. The van der Waals surface area contributed by atoms with Gasteiger partial charge in [0.05, 0.1) is 11.8 Å². The fourth-order valence-electron chi connectivity index (χ4n) is 6.07. The molecule has 8 heteroatoms. The van der Waals surface area contributed by atoms with Crippen LogP contribution in [0.5, 0.6) is 0 Å². The van der Waals surface area contributed by atoms with Crippen LogP contribution in [-0.2, 0) is 9.59 Å². The highest BCUT2D eigenvalue weighted by Gasteiger charge is 2.67. The Hall–Kier alpha value is -3.29. The highest BCUT2D eigenvalue weighted by atomic mass is 16.2. The molecule has 1 N–H and O–H groups in total. The summed E-state index contributed by atoms with van der Waals surface area (Å²) in [6.07, 6.45) is 5.35. The number of benzene rings is 1. The minimum absolute atomic E-state index is 0.134. The SMILES string of the molecule is Cc1nnc(C(C)C)n1-c1ccc(C(=O)NN2C(=O)C3C4C=CC(C5CC45)C3C2=O)cc1. The van der Waals surface area contributed by atoms with Crippen LogP contribution < -0.4 is 5.43 Å². The summed E-state index contributed by atoms with van der Waals surface area (Å²) in [7, 11) is 0. The molecule has 6 unspecified atom stereocenters. The first-order chi connectivity index (χ1) is 15.4. The van der Waals surface area contributed by atoms with Gasteiger partial charge in [-0.25, -0.2) is 0 Å². The van der Waals surface area contributed by atoms with E-state index in [1.807, 2.05) is 23.6 Å². The van der Waals surface area contributed by atoms with Gasteiger partial charge in [0, 0.05) is 17.2 Å². The van der Waals surface area contributed by atoms with E-state index >= 15 is 0 Å². The molecule has 8 nitrogen and oxygen atoms in total. The van der Waals surface area contributed by atoms with Crippen molar-refractivity contribution in [3.8, 4) is 5.69 Å². The highest BCUT2D eigenvalue weighted by molar-refractivity contribution is 6.08. The van der Waals surface area contributed by atoms with Crippen LogP contribution in [0.15, 0.2) is 36.4 Å². The summed E-state index contributed by atoms with van der Waals surface area (Å²) in [5.41, 5.74) is 3.82. The summed E-state index contributed by atoms with van der Waals surface area (Å²) >= 11 is 0. The molecule has 6 atom stereocenters. The number of nitrogens with one attached hydrogen (secondary N) is 1. The summed E-state index contributed by atoms with van der Waals surface area (Å²) in [6, 6.07) is 7.02. The third kappa shape index (κ3) is 2.58. The Balaban J connectivity index is 1.21. The molecule has 2 bridgehead atoms. The maximum Gasteiger partial charge on any atom is 0.270 e. The number of imide groups is 1. The molecule has 1 aromatic carbocycles. The summed E-state index contributed by atoms with van der Waals surface area (Å²) in [4.78, 5) is 39.0. The van der Waals surface area contributed by atoms with Crippen molar-refractivity contribution in [2.24, 2.45) is 35.5 Å². The van der Waals surface area contributed by atoms with Crippen molar-refractivity contribution in [3.63, 3.8) is 0 Å². The summed E-state index contributed by atoms with van der Waals surface area (Å²) < 4.78 is 1.96. The van der Waals surface area contributed by atoms with Gasteiger partial charge in [-0.05, 0) is 61.3 Å². The number of hydrazine groups is 1. The van der Waals surface area contributed by atoms with E-state index in [2.05, 4.69) is 41.6 Å². The zero-order chi connectivity index (χ0) is 22.3. The summed E-state index contributed by atoms with van der Waals surface area (Å²) in [5.74, 6) is 1.49. The Morgan fingerprint density at radius 3 is 2.16 bits per heavy atom. The van der Waals surface area contributed by atoms with Crippen LogP contribution in [0.25, 0.3) is 5.69 Å². The average Bonchev–Trinajstić information content (AvgIpc) is 3.47. The standard InChI is InChI=1S/C24H25N5O3/c1-11(2)21-26-25-12(3)28(21)14-6-4-13(5-7-14)22(30)27-29-23(31)19-15-8-9-16(18-10-17(15)18)20(19)24(29)32/h4-9,11,15-20H,10H2,1-3H3,(H,27,30). The predicted octanol–water partition coefficient (Wildman–Crippen LogP) is 2.40. The van der Waals surface area contributed by atoms with Crippen LogP contribution >= 0.6 is 0 Å². The molecule has 0 radical (unpaired) electrons. The third-order valence-electron chi connectivity index (χ3n) is 7.63. The van der Waals surface area contributed by atoms with Crippen LogP contribution in [0, 0.1) is 42.4 Å². The maximum atomic E-state index is 13.1. The number of carbonyl (C=O) groups is 3. The molecule has 7 rings (SSSR count). The molecular formula is C24H25N5O3. The van der Waals surface area contributed by atoms with E-state index in [0.29, 0.717) is 17.4 Å². The lowest BCUT2D eigenvalue weighted by molar-refractivity contribution is -0.143.